The highest BCUT2D eigenvalue weighted by molar-refractivity contribution is 7.99. The van der Waals surface area contributed by atoms with Gasteiger partial charge in [0.05, 0.1) is 5.75 Å². The monoisotopic (exact) mass is 380 g/mol. The number of anilines is 1. The van der Waals surface area contributed by atoms with E-state index in [9.17, 15) is 4.79 Å². The van der Waals surface area contributed by atoms with Gasteiger partial charge in [-0.2, -0.15) is 4.98 Å². The lowest BCUT2D eigenvalue weighted by atomic mass is 10.3. The highest BCUT2D eigenvalue weighted by Crippen LogP contribution is 2.17. The van der Waals surface area contributed by atoms with Crippen LogP contribution in [0.1, 0.15) is 11.6 Å². The van der Waals surface area contributed by atoms with Crippen LogP contribution in [0, 0.1) is 6.92 Å². The Labute approximate surface area is 151 Å². The first-order valence-corrected chi connectivity index (χ1v) is 8.47. The molecule has 0 radical (unpaired) electrons. The van der Waals surface area contributed by atoms with Crippen molar-refractivity contribution in [3.8, 4) is 5.75 Å². The number of benzene rings is 1. The van der Waals surface area contributed by atoms with E-state index in [-0.39, 0.29) is 24.3 Å². The Kier molecular flexibility index (Phi) is 5.51. The Morgan fingerprint density at radius 1 is 1.36 bits per heavy atom. The Balaban J connectivity index is 1.44. The van der Waals surface area contributed by atoms with Gasteiger partial charge < -0.3 is 9.26 Å². The number of thioether (sulfide) groups is 1. The molecule has 0 fully saturated rings. The van der Waals surface area contributed by atoms with E-state index in [4.69, 9.17) is 20.9 Å². The van der Waals surface area contributed by atoms with E-state index in [1.807, 2.05) is 0 Å². The lowest BCUT2D eigenvalue weighted by molar-refractivity contribution is -0.114. The lowest BCUT2D eigenvalue weighted by Gasteiger charge is -2.03. The van der Waals surface area contributed by atoms with Crippen molar-refractivity contribution in [2.75, 3.05) is 11.1 Å². The van der Waals surface area contributed by atoms with Crippen LogP contribution < -0.4 is 10.1 Å². The van der Waals surface area contributed by atoms with Gasteiger partial charge in [-0.3, -0.25) is 15.2 Å². The third-order valence-corrected chi connectivity index (χ3v) is 3.91. The quantitative estimate of drug-likeness (QED) is 0.600. The number of hydrogen-bond acceptors (Lipinski definition) is 8. The number of aromatic amines is 1. The van der Waals surface area contributed by atoms with Gasteiger partial charge in [0.25, 0.3) is 0 Å². The maximum Gasteiger partial charge on any atom is 0.328 e. The fraction of sp³-hybridized carbons (Fsp3) is 0.214. The van der Waals surface area contributed by atoms with Crippen LogP contribution in [-0.4, -0.2) is 37.0 Å². The molecular weight excluding hydrogens is 368 g/mol. The molecule has 0 aliphatic carbocycles. The minimum atomic E-state index is -0.294. The molecule has 3 aromatic rings. The second-order valence-electron chi connectivity index (χ2n) is 4.79. The van der Waals surface area contributed by atoms with Gasteiger partial charge in [-0.25, -0.2) is 4.98 Å². The Hall–Kier alpha value is -2.59. The topological polar surface area (TPSA) is 119 Å². The van der Waals surface area contributed by atoms with Gasteiger partial charge in [0, 0.05) is 5.02 Å². The predicted molar refractivity (Wildman–Crippen MR) is 90.6 cm³/mol. The van der Waals surface area contributed by atoms with Gasteiger partial charge in [0.1, 0.15) is 12.4 Å². The lowest BCUT2D eigenvalue weighted by Crippen LogP contribution is -2.14. The highest BCUT2D eigenvalue weighted by Gasteiger charge is 2.11. The molecule has 1 amide bonds. The zero-order chi connectivity index (χ0) is 17.6. The maximum atomic E-state index is 11.8. The number of H-pyrrole nitrogens is 1. The average Bonchev–Trinajstić information content (AvgIpc) is 3.21. The van der Waals surface area contributed by atoms with Crippen molar-refractivity contribution in [3.63, 3.8) is 0 Å². The Morgan fingerprint density at radius 3 is 2.88 bits per heavy atom. The van der Waals surface area contributed by atoms with Gasteiger partial charge in [-0.15, -0.1) is 5.10 Å². The van der Waals surface area contributed by atoms with Crippen molar-refractivity contribution < 1.29 is 14.1 Å². The SMILES string of the molecule is Cc1noc(NC(=O)CSc2n[nH]c(COc3ccc(Cl)cc3)n2)n1. The van der Waals surface area contributed by atoms with Gasteiger partial charge >= 0.3 is 6.01 Å². The van der Waals surface area contributed by atoms with E-state index in [1.54, 1.807) is 31.2 Å². The van der Waals surface area contributed by atoms with Crippen molar-refractivity contribution in [1.29, 1.82) is 0 Å². The zero-order valence-corrected chi connectivity index (χ0v) is 14.6. The molecule has 2 N–H and O–H groups in total. The Morgan fingerprint density at radius 2 is 2.16 bits per heavy atom. The molecule has 2 aromatic heterocycles. The maximum absolute atomic E-state index is 11.8. The summed E-state index contributed by atoms with van der Waals surface area (Å²) in [7, 11) is 0. The summed E-state index contributed by atoms with van der Waals surface area (Å²) in [4.78, 5) is 19.9. The van der Waals surface area contributed by atoms with E-state index >= 15 is 0 Å². The molecule has 0 bridgehead atoms. The Bertz CT molecular complexity index is 850. The van der Waals surface area contributed by atoms with Crippen molar-refractivity contribution in [2.24, 2.45) is 0 Å². The zero-order valence-electron chi connectivity index (χ0n) is 13.0. The number of aromatic nitrogens is 5. The van der Waals surface area contributed by atoms with Crippen LogP contribution in [-0.2, 0) is 11.4 Å². The molecule has 0 saturated heterocycles. The number of halogens is 1. The molecule has 1 aromatic carbocycles. The van der Waals surface area contributed by atoms with Gasteiger partial charge in [0.2, 0.25) is 11.1 Å². The van der Waals surface area contributed by atoms with E-state index in [2.05, 4.69) is 30.6 Å². The average molecular weight is 381 g/mol. The fourth-order valence-corrected chi connectivity index (χ4v) is 2.47. The molecule has 3 rings (SSSR count). The van der Waals surface area contributed by atoms with Crippen LogP contribution >= 0.6 is 23.4 Å². The molecule has 0 saturated carbocycles. The minimum absolute atomic E-state index is 0.0649. The fourth-order valence-electron chi connectivity index (χ4n) is 1.72. The van der Waals surface area contributed by atoms with Crippen molar-refractivity contribution in [1.82, 2.24) is 25.3 Å². The molecular formula is C14H13ClN6O3S. The van der Waals surface area contributed by atoms with Gasteiger partial charge in [0.15, 0.2) is 11.6 Å². The summed E-state index contributed by atoms with van der Waals surface area (Å²) in [6.07, 6.45) is 0. The molecule has 25 heavy (non-hydrogen) atoms. The number of rotatable bonds is 7. The number of nitrogens with zero attached hydrogens (tertiary/aromatic N) is 4. The molecule has 9 nitrogen and oxygen atoms in total. The van der Waals surface area contributed by atoms with E-state index < -0.39 is 0 Å². The third kappa shape index (κ3) is 5.19. The summed E-state index contributed by atoms with van der Waals surface area (Å²) in [5.74, 6) is 1.48. The van der Waals surface area contributed by atoms with Crippen molar-refractivity contribution in [2.45, 2.75) is 18.7 Å². The van der Waals surface area contributed by atoms with Crippen LogP contribution in [0.5, 0.6) is 5.75 Å². The first kappa shape index (κ1) is 17.2. The molecule has 0 aliphatic heterocycles. The first-order chi connectivity index (χ1) is 12.1. The molecule has 130 valence electrons. The second kappa shape index (κ2) is 7.99. The summed E-state index contributed by atoms with van der Waals surface area (Å²) in [5, 5.41) is 13.9. The summed E-state index contributed by atoms with van der Waals surface area (Å²) < 4.78 is 10.4. The standard InChI is InChI=1S/C14H13ClN6O3S/c1-8-16-13(24-21-8)18-12(22)7-25-14-17-11(19-20-14)6-23-10-4-2-9(15)3-5-10/h2-5H,6-7H2,1H3,(H,17,19,20)(H,16,18,21,22). The first-order valence-electron chi connectivity index (χ1n) is 7.11. The predicted octanol–water partition coefficient (Wildman–Crippen LogP) is 2.46. The minimum Gasteiger partial charge on any atom is -0.486 e. The van der Waals surface area contributed by atoms with Crippen LogP contribution in [0.15, 0.2) is 33.9 Å². The van der Waals surface area contributed by atoms with E-state index in [0.29, 0.717) is 27.6 Å². The second-order valence-corrected chi connectivity index (χ2v) is 6.17. The molecule has 0 atom stereocenters. The molecule has 11 heteroatoms. The van der Waals surface area contributed by atoms with E-state index in [1.165, 1.54) is 11.8 Å². The van der Waals surface area contributed by atoms with Crippen LogP contribution in [0.25, 0.3) is 0 Å². The molecule has 0 aliphatic rings. The van der Waals surface area contributed by atoms with E-state index in [0.717, 1.165) is 0 Å². The van der Waals surface area contributed by atoms with Gasteiger partial charge in [-0.1, -0.05) is 28.5 Å². The highest BCUT2D eigenvalue weighted by atomic mass is 35.5. The smallest absolute Gasteiger partial charge is 0.328 e. The summed E-state index contributed by atoms with van der Waals surface area (Å²) >= 11 is 6.98. The number of nitrogens with one attached hydrogen (secondary N) is 2. The summed E-state index contributed by atoms with van der Waals surface area (Å²) in [6, 6.07) is 7.06. The number of ether oxygens (including phenoxy) is 1. The van der Waals surface area contributed by atoms with Crippen LogP contribution in [0.3, 0.4) is 0 Å². The molecule has 2 heterocycles. The van der Waals surface area contributed by atoms with Crippen molar-refractivity contribution >= 4 is 35.3 Å². The molecule has 0 unspecified atom stereocenters. The van der Waals surface area contributed by atoms with Crippen LogP contribution in [0.2, 0.25) is 5.02 Å². The number of aryl methyl sites for hydroxylation is 1. The normalized spacial score (nSPS) is 10.6. The number of hydrogen-bond donors (Lipinski definition) is 2. The summed E-state index contributed by atoms with van der Waals surface area (Å²) in [6.45, 7) is 1.89. The number of amides is 1. The third-order valence-electron chi connectivity index (χ3n) is 2.81. The number of carbonyl (C=O) groups excluding carboxylic acids is 1. The number of carbonyl (C=O) groups is 1. The summed E-state index contributed by atoms with van der Waals surface area (Å²) in [5.41, 5.74) is 0. The van der Waals surface area contributed by atoms with Crippen molar-refractivity contribution in [3.05, 3.63) is 40.9 Å². The van der Waals surface area contributed by atoms with Crippen LogP contribution in [0.4, 0.5) is 6.01 Å². The molecule has 0 spiro atoms. The van der Waals surface area contributed by atoms with Gasteiger partial charge in [-0.05, 0) is 31.2 Å². The largest absolute Gasteiger partial charge is 0.486 e.